The van der Waals surface area contributed by atoms with E-state index in [9.17, 15) is 19.5 Å². The van der Waals surface area contributed by atoms with Crippen molar-refractivity contribution in [3.8, 4) is 11.6 Å². The number of hydrogen-bond acceptors (Lipinski definition) is 5. The SMILES string of the molecule is COC(=O)c1ccc[n+](-c2c([O-])[nH]c(=O)[nH]c2=O)c1. The molecule has 0 unspecified atom stereocenters. The summed E-state index contributed by atoms with van der Waals surface area (Å²) in [6, 6.07) is 2.93. The number of aromatic amines is 2. The molecule has 2 N–H and O–H groups in total. The van der Waals surface area contributed by atoms with Gasteiger partial charge in [0.2, 0.25) is 0 Å². The number of hydrogen-bond donors (Lipinski definition) is 2. The zero-order valence-electron chi connectivity index (χ0n) is 9.80. The molecule has 0 fully saturated rings. The minimum atomic E-state index is -0.886. The van der Waals surface area contributed by atoms with E-state index in [-0.39, 0.29) is 11.3 Å². The van der Waals surface area contributed by atoms with E-state index < -0.39 is 23.1 Å². The minimum absolute atomic E-state index is 0.162. The smallest absolute Gasteiger partial charge is 0.343 e. The molecule has 8 heteroatoms. The lowest BCUT2D eigenvalue weighted by molar-refractivity contribution is -0.601. The van der Waals surface area contributed by atoms with E-state index in [0.717, 1.165) is 4.57 Å². The first-order chi connectivity index (χ1) is 9.02. The highest BCUT2D eigenvalue weighted by Crippen LogP contribution is 2.02. The van der Waals surface area contributed by atoms with Crippen molar-refractivity contribution in [3.05, 3.63) is 50.9 Å². The molecule has 0 atom stereocenters. The molecule has 8 nitrogen and oxygen atoms in total. The third kappa shape index (κ3) is 2.37. The zero-order chi connectivity index (χ0) is 14.0. The van der Waals surface area contributed by atoms with Gasteiger partial charge in [-0.2, -0.15) is 4.57 Å². The Balaban J connectivity index is 2.63. The second-order valence-electron chi connectivity index (χ2n) is 3.58. The van der Waals surface area contributed by atoms with Gasteiger partial charge in [0.15, 0.2) is 12.4 Å². The number of carbonyl (C=O) groups is 1. The molecule has 2 aromatic rings. The quantitative estimate of drug-likeness (QED) is 0.489. The summed E-state index contributed by atoms with van der Waals surface area (Å²) in [6.45, 7) is 0. The second-order valence-corrected chi connectivity index (χ2v) is 3.58. The molecule has 0 aromatic carbocycles. The molecule has 0 aliphatic heterocycles. The number of H-pyrrole nitrogens is 2. The van der Waals surface area contributed by atoms with Crippen LogP contribution in [0, 0.1) is 0 Å². The molecule has 2 aromatic heterocycles. The van der Waals surface area contributed by atoms with Crippen molar-refractivity contribution in [2.75, 3.05) is 7.11 Å². The van der Waals surface area contributed by atoms with Gasteiger partial charge >= 0.3 is 17.2 Å². The van der Waals surface area contributed by atoms with Gasteiger partial charge in [0, 0.05) is 11.9 Å². The van der Waals surface area contributed by atoms with Gasteiger partial charge in [-0.15, -0.1) is 0 Å². The van der Waals surface area contributed by atoms with E-state index in [1.165, 1.54) is 31.6 Å². The molecule has 98 valence electrons. The van der Waals surface area contributed by atoms with Crippen LogP contribution in [0.4, 0.5) is 0 Å². The van der Waals surface area contributed by atoms with Crippen molar-refractivity contribution in [1.82, 2.24) is 9.97 Å². The summed E-state index contributed by atoms with van der Waals surface area (Å²) in [6.07, 6.45) is 2.66. The fourth-order valence-corrected chi connectivity index (χ4v) is 1.55. The van der Waals surface area contributed by atoms with Crippen molar-refractivity contribution < 1.29 is 19.2 Å². The van der Waals surface area contributed by atoms with Gasteiger partial charge in [-0.3, -0.25) is 9.78 Å². The van der Waals surface area contributed by atoms with Crippen molar-refractivity contribution in [2.45, 2.75) is 0 Å². The van der Waals surface area contributed by atoms with Crippen LogP contribution in [0.3, 0.4) is 0 Å². The fourth-order valence-electron chi connectivity index (χ4n) is 1.55. The monoisotopic (exact) mass is 263 g/mol. The number of rotatable bonds is 2. The first kappa shape index (κ1) is 12.6. The third-order valence-electron chi connectivity index (χ3n) is 2.36. The average molecular weight is 263 g/mol. The number of nitrogens with zero attached hydrogens (tertiary/aromatic N) is 1. The molecule has 19 heavy (non-hydrogen) atoms. The maximum absolute atomic E-state index is 11.6. The normalized spacial score (nSPS) is 10.2. The first-order valence-corrected chi connectivity index (χ1v) is 5.16. The lowest BCUT2D eigenvalue weighted by atomic mass is 10.3. The largest absolute Gasteiger partial charge is 0.855 e. The maximum Gasteiger partial charge on any atom is 0.343 e. The Morgan fingerprint density at radius 1 is 1.37 bits per heavy atom. The van der Waals surface area contributed by atoms with Gasteiger partial charge in [-0.1, -0.05) is 0 Å². The molecule has 0 radical (unpaired) electrons. The number of carbonyl (C=O) groups excluding carboxylic acids is 1. The summed E-state index contributed by atoms with van der Waals surface area (Å²) in [5.74, 6) is -1.46. The Bertz CT molecular complexity index is 746. The number of aromatic nitrogens is 3. The zero-order valence-corrected chi connectivity index (χ0v) is 9.80. The average Bonchev–Trinajstić information content (AvgIpc) is 2.37. The molecule has 0 amide bonds. The number of nitrogens with one attached hydrogen (secondary N) is 2. The van der Waals surface area contributed by atoms with Crippen molar-refractivity contribution >= 4 is 5.97 Å². The van der Waals surface area contributed by atoms with E-state index in [1.807, 2.05) is 9.97 Å². The van der Waals surface area contributed by atoms with Crippen LogP contribution in [0.25, 0.3) is 5.69 Å². The van der Waals surface area contributed by atoms with Crippen LogP contribution in [-0.4, -0.2) is 23.0 Å². The molecule has 0 spiro atoms. The Labute approximate surface area is 105 Å². The second kappa shape index (κ2) is 4.77. The highest BCUT2D eigenvalue weighted by molar-refractivity contribution is 5.88. The van der Waals surface area contributed by atoms with Gasteiger partial charge < -0.3 is 14.8 Å². The highest BCUT2D eigenvalue weighted by Gasteiger charge is 2.17. The standard InChI is InChI=1S/C11H9N3O5/c1-19-10(17)6-3-2-4-14(5-6)7-8(15)12-11(18)13-9(7)16/h2-5H,1H3,(H2-,12,13,15,16,18). The summed E-state index contributed by atoms with van der Waals surface area (Å²) in [4.78, 5) is 37.8. The van der Waals surface area contributed by atoms with E-state index in [2.05, 4.69) is 4.74 Å². The summed E-state index contributed by atoms with van der Waals surface area (Å²) >= 11 is 0. The van der Waals surface area contributed by atoms with Crippen LogP contribution in [0.1, 0.15) is 10.4 Å². The molecular weight excluding hydrogens is 254 g/mol. The molecule has 0 bridgehead atoms. The lowest BCUT2D eigenvalue weighted by Gasteiger charge is -2.06. The summed E-state index contributed by atoms with van der Waals surface area (Å²) < 4.78 is 5.67. The first-order valence-electron chi connectivity index (χ1n) is 5.16. The Morgan fingerprint density at radius 3 is 2.74 bits per heavy atom. The van der Waals surface area contributed by atoms with Crippen molar-refractivity contribution in [2.24, 2.45) is 0 Å². The van der Waals surface area contributed by atoms with Gasteiger partial charge in [0.25, 0.3) is 5.69 Å². The molecule has 2 rings (SSSR count). The number of ether oxygens (including phenoxy) is 1. The van der Waals surface area contributed by atoms with E-state index in [1.54, 1.807) is 0 Å². The maximum atomic E-state index is 11.6. The summed E-state index contributed by atoms with van der Waals surface area (Å²) in [5.41, 5.74) is -1.88. The van der Waals surface area contributed by atoms with E-state index >= 15 is 0 Å². The molecule has 0 aliphatic carbocycles. The van der Waals surface area contributed by atoms with Gasteiger partial charge in [0.1, 0.15) is 5.56 Å². The van der Waals surface area contributed by atoms with Crippen LogP contribution in [0.15, 0.2) is 34.1 Å². The van der Waals surface area contributed by atoms with Gasteiger partial charge in [-0.25, -0.2) is 9.59 Å². The van der Waals surface area contributed by atoms with Gasteiger partial charge in [0.05, 0.1) is 7.11 Å². The predicted molar refractivity (Wildman–Crippen MR) is 60.0 cm³/mol. The van der Waals surface area contributed by atoms with Crippen molar-refractivity contribution in [3.63, 3.8) is 0 Å². The van der Waals surface area contributed by atoms with Crippen LogP contribution < -0.4 is 20.9 Å². The van der Waals surface area contributed by atoms with Crippen LogP contribution in [0.2, 0.25) is 0 Å². The Morgan fingerprint density at radius 2 is 2.11 bits per heavy atom. The van der Waals surface area contributed by atoms with Crippen molar-refractivity contribution in [1.29, 1.82) is 0 Å². The fraction of sp³-hybridized carbons (Fsp3) is 0.0909. The summed E-state index contributed by atoms with van der Waals surface area (Å²) in [7, 11) is 1.21. The topological polar surface area (TPSA) is 119 Å². The lowest BCUT2D eigenvalue weighted by Crippen LogP contribution is -2.41. The van der Waals surface area contributed by atoms with E-state index in [4.69, 9.17) is 0 Å². The summed E-state index contributed by atoms with van der Waals surface area (Å²) in [5, 5.41) is 11.6. The van der Waals surface area contributed by atoms with Crippen LogP contribution >= 0.6 is 0 Å². The molecule has 0 saturated carbocycles. The Kier molecular flexibility index (Phi) is 3.15. The number of pyridine rings is 1. The van der Waals surface area contributed by atoms with Crippen LogP contribution in [0.5, 0.6) is 5.88 Å². The molecule has 0 saturated heterocycles. The third-order valence-corrected chi connectivity index (χ3v) is 2.36. The Hall–Kier alpha value is -2.90. The van der Waals surface area contributed by atoms with E-state index in [0.29, 0.717) is 0 Å². The molecule has 2 heterocycles. The number of methoxy groups -OCH3 is 1. The predicted octanol–water partition coefficient (Wildman–Crippen LogP) is -1.80. The highest BCUT2D eigenvalue weighted by atomic mass is 16.5. The number of esters is 1. The van der Waals surface area contributed by atoms with Gasteiger partial charge in [-0.05, 0) is 6.07 Å². The molecular formula is C11H9N3O5. The minimum Gasteiger partial charge on any atom is -0.855 e. The molecule has 0 aliphatic rings. The van der Waals surface area contributed by atoms with Crippen LogP contribution in [-0.2, 0) is 4.74 Å².